The number of anilines is 1. The summed E-state index contributed by atoms with van der Waals surface area (Å²) in [6.07, 6.45) is 0.725. The van der Waals surface area contributed by atoms with Crippen LogP contribution in [0.15, 0.2) is 53.4 Å². The number of rotatable bonds is 4. The molecule has 0 spiro atoms. The molecule has 4 rings (SSSR count). The van der Waals surface area contributed by atoms with Crippen LogP contribution in [0.25, 0.3) is 0 Å². The number of benzene rings is 2. The van der Waals surface area contributed by atoms with Gasteiger partial charge in [-0.1, -0.05) is 18.2 Å². The van der Waals surface area contributed by atoms with Crippen LogP contribution in [0.5, 0.6) is 11.5 Å². The minimum atomic E-state index is -3.72. The summed E-state index contributed by atoms with van der Waals surface area (Å²) in [4.78, 5) is 15.6. The van der Waals surface area contributed by atoms with Crippen LogP contribution in [-0.2, 0) is 14.8 Å². The molecule has 0 aromatic heterocycles. The van der Waals surface area contributed by atoms with E-state index in [0.29, 0.717) is 29.4 Å². The number of hydrogen-bond donors (Lipinski definition) is 3. The van der Waals surface area contributed by atoms with Gasteiger partial charge in [0.2, 0.25) is 6.10 Å². The maximum atomic E-state index is 12.5. The monoisotopic (exact) mass is 402 g/mol. The minimum Gasteiger partial charge on any atom is -0.485 e. The van der Waals surface area contributed by atoms with Crippen molar-refractivity contribution in [2.75, 3.05) is 18.5 Å². The first kappa shape index (κ1) is 18.3. The van der Waals surface area contributed by atoms with E-state index in [1.807, 2.05) is 6.07 Å². The third kappa shape index (κ3) is 3.94. The van der Waals surface area contributed by atoms with E-state index in [-0.39, 0.29) is 11.5 Å². The average Bonchev–Trinajstić information content (AvgIpc) is 3.20. The Balaban J connectivity index is 1.45. The maximum absolute atomic E-state index is 12.5. The number of amides is 1. The summed E-state index contributed by atoms with van der Waals surface area (Å²) < 4.78 is 38.8. The van der Waals surface area contributed by atoms with Crippen LogP contribution in [0.2, 0.25) is 0 Å². The van der Waals surface area contributed by atoms with Crippen LogP contribution in [0.1, 0.15) is 12.8 Å². The molecule has 0 aliphatic carbocycles. The van der Waals surface area contributed by atoms with E-state index < -0.39 is 22.0 Å². The van der Waals surface area contributed by atoms with Gasteiger partial charge in [0.05, 0.1) is 13.0 Å². The van der Waals surface area contributed by atoms with Crippen LogP contribution >= 0.6 is 0 Å². The average molecular weight is 402 g/mol. The lowest BCUT2D eigenvalue weighted by Crippen LogP contribution is -2.72. The highest BCUT2D eigenvalue weighted by Gasteiger charge is 2.28. The van der Waals surface area contributed by atoms with Crippen molar-refractivity contribution in [2.24, 2.45) is 0 Å². The summed E-state index contributed by atoms with van der Waals surface area (Å²) in [5.74, 6) is 1.25. The SMILES string of the molecule is O=C(Nc1cccc(S(=O)(=O)NC2=[NH+]CCC2)c1)[C@H]1COc2ccccc2O1. The normalized spacial score (nSPS) is 18.3. The Hall–Kier alpha value is -3.07. The lowest BCUT2D eigenvalue weighted by atomic mass is 10.2. The highest BCUT2D eigenvalue weighted by atomic mass is 32.2. The van der Waals surface area contributed by atoms with Gasteiger partial charge >= 0.3 is 10.0 Å². The van der Waals surface area contributed by atoms with Gasteiger partial charge in [-0.05, 0) is 36.8 Å². The van der Waals surface area contributed by atoms with E-state index in [9.17, 15) is 13.2 Å². The molecule has 2 aliphatic rings. The van der Waals surface area contributed by atoms with Crippen molar-refractivity contribution < 1.29 is 27.7 Å². The van der Waals surface area contributed by atoms with Gasteiger partial charge in [-0.25, -0.2) is 0 Å². The fourth-order valence-electron chi connectivity index (χ4n) is 3.01. The fraction of sp³-hybridized carbons (Fsp3) is 0.263. The minimum absolute atomic E-state index is 0.0673. The van der Waals surface area contributed by atoms with Gasteiger partial charge in [0.25, 0.3) is 11.7 Å². The summed E-state index contributed by atoms with van der Waals surface area (Å²) in [6, 6.07) is 13.2. The molecule has 2 heterocycles. The second kappa shape index (κ2) is 7.51. The molecular formula is C19H20N3O5S+. The van der Waals surface area contributed by atoms with E-state index in [1.54, 1.807) is 30.3 Å². The second-order valence-electron chi connectivity index (χ2n) is 6.50. The molecule has 8 nitrogen and oxygen atoms in total. The molecular weight excluding hydrogens is 382 g/mol. The van der Waals surface area contributed by atoms with Crippen LogP contribution < -0.4 is 24.5 Å². The van der Waals surface area contributed by atoms with Crippen molar-refractivity contribution in [1.82, 2.24) is 4.72 Å². The van der Waals surface area contributed by atoms with Crippen molar-refractivity contribution >= 4 is 27.5 Å². The summed E-state index contributed by atoms with van der Waals surface area (Å²) in [6.45, 7) is 0.826. The predicted molar refractivity (Wildman–Crippen MR) is 102 cm³/mol. The van der Waals surface area contributed by atoms with Crippen molar-refractivity contribution in [3.63, 3.8) is 0 Å². The number of carbonyl (C=O) groups excluding carboxylic acids is 1. The summed E-state index contributed by atoms with van der Waals surface area (Å²) >= 11 is 0. The lowest BCUT2D eigenvalue weighted by Gasteiger charge is -2.25. The Morgan fingerprint density at radius 2 is 1.93 bits per heavy atom. The Bertz CT molecular complexity index is 1040. The van der Waals surface area contributed by atoms with E-state index in [2.05, 4.69) is 15.0 Å². The standard InChI is InChI=1S/C19H19N3O5S/c23-19(17-12-26-15-7-1-2-8-16(15)27-17)21-13-5-3-6-14(11-13)28(24,25)22-18-9-4-10-20-18/h1-3,5-8,11,17H,4,9-10,12H2,(H,20,22)(H,21,23)/p+1/t17-/m1/s1. The third-order valence-corrected chi connectivity index (χ3v) is 5.80. The second-order valence-corrected chi connectivity index (χ2v) is 8.18. The molecule has 2 aromatic rings. The maximum Gasteiger partial charge on any atom is 0.328 e. The van der Waals surface area contributed by atoms with Crippen molar-refractivity contribution in [2.45, 2.75) is 23.8 Å². The first-order valence-corrected chi connectivity index (χ1v) is 10.4. The number of nitrogens with one attached hydrogen (secondary N) is 3. The largest absolute Gasteiger partial charge is 0.485 e. The molecule has 0 fully saturated rings. The molecule has 2 aromatic carbocycles. The van der Waals surface area contributed by atoms with Crippen LogP contribution in [0.3, 0.4) is 0 Å². The zero-order chi connectivity index (χ0) is 19.6. The Morgan fingerprint density at radius 1 is 1.11 bits per heavy atom. The molecule has 1 atom stereocenters. The van der Waals surface area contributed by atoms with Gasteiger partial charge in [0.1, 0.15) is 11.5 Å². The van der Waals surface area contributed by atoms with Gasteiger partial charge in [-0.2, -0.15) is 13.1 Å². The first-order chi connectivity index (χ1) is 13.5. The third-order valence-electron chi connectivity index (χ3n) is 4.41. The van der Waals surface area contributed by atoms with Gasteiger partial charge in [-0.3, -0.25) is 9.79 Å². The fourth-order valence-corrected chi connectivity index (χ4v) is 4.17. The van der Waals surface area contributed by atoms with E-state index in [1.165, 1.54) is 12.1 Å². The molecule has 1 amide bonds. The van der Waals surface area contributed by atoms with Gasteiger partial charge in [0, 0.05) is 5.69 Å². The molecule has 0 unspecified atom stereocenters. The number of sulfonamides is 1. The van der Waals surface area contributed by atoms with E-state index in [4.69, 9.17) is 9.47 Å². The van der Waals surface area contributed by atoms with E-state index in [0.717, 1.165) is 13.0 Å². The van der Waals surface area contributed by atoms with Gasteiger partial charge in [-0.15, -0.1) is 0 Å². The Morgan fingerprint density at radius 3 is 2.71 bits per heavy atom. The van der Waals surface area contributed by atoms with Crippen LogP contribution in [0.4, 0.5) is 5.69 Å². The molecule has 0 bridgehead atoms. The highest BCUT2D eigenvalue weighted by molar-refractivity contribution is 7.90. The zero-order valence-corrected chi connectivity index (χ0v) is 15.8. The molecule has 2 aliphatic heterocycles. The number of para-hydroxylation sites is 2. The number of fused-ring (bicyclic) bond motifs is 1. The molecule has 146 valence electrons. The van der Waals surface area contributed by atoms with Crippen LogP contribution in [0, 0.1) is 0 Å². The predicted octanol–water partition coefficient (Wildman–Crippen LogP) is 0.0163. The lowest BCUT2D eigenvalue weighted by molar-refractivity contribution is -0.448. The number of amidine groups is 1. The van der Waals surface area contributed by atoms with Gasteiger partial charge in [0.15, 0.2) is 11.5 Å². The van der Waals surface area contributed by atoms with Gasteiger partial charge < -0.3 is 14.8 Å². The van der Waals surface area contributed by atoms with E-state index >= 15 is 0 Å². The summed E-state index contributed by atoms with van der Waals surface area (Å²) in [5, 5.41) is 2.69. The topological polar surface area (TPSA) is 108 Å². The van der Waals surface area contributed by atoms with Crippen molar-refractivity contribution in [1.29, 1.82) is 0 Å². The highest BCUT2D eigenvalue weighted by Crippen LogP contribution is 2.31. The zero-order valence-electron chi connectivity index (χ0n) is 15.0. The molecule has 28 heavy (non-hydrogen) atoms. The number of hydrogen-bond acceptors (Lipinski definition) is 5. The molecule has 9 heteroatoms. The summed E-state index contributed by atoms with van der Waals surface area (Å²) in [5.41, 5.74) is 0.361. The quantitative estimate of drug-likeness (QED) is 0.668. The number of carbonyl (C=O) groups is 1. The molecule has 0 saturated heterocycles. The molecule has 3 N–H and O–H groups in total. The Labute approximate surface area is 162 Å². The molecule has 0 saturated carbocycles. The molecule has 0 radical (unpaired) electrons. The number of ether oxygens (including phenoxy) is 2. The summed E-state index contributed by atoms with van der Waals surface area (Å²) in [7, 11) is -3.72. The smallest absolute Gasteiger partial charge is 0.328 e. The van der Waals surface area contributed by atoms with Crippen molar-refractivity contribution in [3.05, 3.63) is 48.5 Å². The first-order valence-electron chi connectivity index (χ1n) is 8.93. The van der Waals surface area contributed by atoms with Crippen LogP contribution in [-0.4, -0.2) is 39.4 Å². The Kier molecular flexibility index (Phi) is 4.91. The van der Waals surface area contributed by atoms with Crippen molar-refractivity contribution in [3.8, 4) is 11.5 Å².